The maximum absolute atomic E-state index is 9.92. The van der Waals surface area contributed by atoms with Crippen LogP contribution in [-0.2, 0) is 0 Å². The summed E-state index contributed by atoms with van der Waals surface area (Å²) < 4.78 is 0. The molecule has 0 aromatic carbocycles. The van der Waals surface area contributed by atoms with E-state index in [4.69, 9.17) is 25.5 Å². The van der Waals surface area contributed by atoms with E-state index < -0.39 is 42.5 Å². The summed E-state index contributed by atoms with van der Waals surface area (Å²) in [7, 11) is 0. The molecule has 0 rings (SSSR count). The second-order valence-electron chi connectivity index (χ2n) is 2.81. The molecule has 0 bridgehead atoms. The van der Waals surface area contributed by atoms with E-state index in [2.05, 4.69) is 0 Å². The molecule has 9 nitrogen and oxygen atoms in total. The van der Waals surface area contributed by atoms with Crippen LogP contribution < -0.4 is 0 Å². The van der Waals surface area contributed by atoms with Gasteiger partial charge in [0.05, 0.1) is 6.61 Å². The van der Waals surface area contributed by atoms with Crippen LogP contribution in [0.3, 0.4) is 0 Å². The van der Waals surface area contributed by atoms with Crippen molar-refractivity contribution in [3.63, 3.8) is 0 Å². The van der Waals surface area contributed by atoms with Crippen LogP contribution in [0, 0.1) is 10.1 Å². The molecule has 0 amide bonds. The Morgan fingerprint density at radius 2 is 1.47 bits per heavy atom. The lowest BCUT2D eigenvalue weighted by Crippen LogP contribution is -2.47. The van der Waals surface area contributed by atoms with Gasteiger partial charge in [0, 0.05) is 4.92 Å². The van der Waals surface area contributed by atoms with Crippen molar-refractivity contribution in [3.05, 3.63) is 10.1 Å². The summed E-state index contributed by atoms with van der Waals surface area (Å²) in [6.45, 7) is -1.76. The van der Waals surface area contributed by atoms with Crippen LogP contribution in [-0.4, -0.2) is 73.5 Å². The van der Waals surface area contributed by atoms with E-state index in [1.807, 2.05) is 0 Å². The Balaban J connectivity index is 0. The summed E-state index contributed by atoms with van der Waals surface area (Å²) >= 11 is 0. The number of nitrogens with zero attached hydrogens (tertiary/aromatic N) is 1. The van der Waals surface area contributed by atoms with Crippen LogP contribution in [0.2, 0.25) is 0 Å². The van der Waals surface area contributed by atoms with E-state index in [-0.39, 0.29) is 5.48 Å². The lowest BCUT2D eigenvalue weighted by molar-refractivity contribution is -0.493. The molecular weight excluding hydrogens is 214 g/mol. The molecule has 0 fully saturated rings. The van der Waals surface area contributed by atoms with E-state index in [1.54, 1.807) is 0 Å². The Morgan fingerprint density at radius 3 is 1.80 bits per heavy atom. The van der Waals surface area contributed by atoms with Gasteiger partial charge in [-0.15, -0.1) is 0 Å². The zero-order chi connectivity index (χ0) is 11.3. The van der Waals surface area contributed by atoms with Gasteiger partial charge in [-0.1, -0.05) is 0 Å². The highest BCUT2D eigenvalue weighted by Gasteiger charge is 2.32. The summed E-state index contributed by atoms with van der Waals surface area (Å²) in [5, 5.41) is 54.2. The molecule has 0 radical (unpaired) electrons. The van der Waals surface area contributed by atoms with Crippen molar-refractivity contribution >= 4 is 0 Å². The second kappa shape index (κ2) is 7.45. The van der Waals surface area contributed by atoms with Gasteiger partial charge in [0.15, 0.2) is 0 Å². The molecular formula is C6H15NO8. The first kappa shape index (κ1) is 16.6. The molecule has 0 saturated carbocycles. The summed E-state index contributed by atoms with van der Waals surface area (Å²) in [5.74, 6) is 0. The van der Waals surface area contributed by atoms with Gasteiger partial charge in [0.2, 0.25) is 6.54 Å². The largest absolute Gasteiger partial charge is 0.412 e. The number of rotatable bonds is 6. The first-order chi connectivity index (χ1) is 6.40. The van der Waals surface area contributed by atoms with Gasteiger partial charge >= 0.3 is 0 Å². The van der Waals surface area contributed by atoms with Gasteiger partial charge in [-0.05, 0) is 0 Å². The Hall–Kier alpha value is -0.840. The van der Waals surface area contributed by atoms with Crippen LogP contribution in [0.5, 0.6) is 0 Å². The van der Waals surface area contributed by atoms with Gasteiger partial charge in [0.25, 0.3) is 0 Å². The number of hydrogen-bond donors (Lipinski definition) is 5. The molecule has 0 aliphatic heterocycles. The number of aliphatic hydroxyl groups is 5. The number of aliphatic hydroxyl groups excluding tert-OH is 5. The van der Waals surface area contributed by atoms with Crippen molar-refractivity contribution in [3.8, 4) is 0 Å². The highest BCUT2D eigenvalue weighted by molar-refractivity contribution is 4.79. The Kier molecular flexibility index (Phi) is 8.24. The fourth-order valence-electron chi connectivity index (χ4n) is 0.824. The van der Waals surface area contributed by atoms with E-state index in [1.165, 1.54) is 0 Å². The predicted molar refractivity (Wildman–Crippen MR) is 46.6 cm³/mol. The lowest BCUT2D eigenvalue weighted by Gasteiger charge is -2.23. The van der Waals surface area contributed by atoms with E-state index >= 15 is 0 Å². The minimum absolute atomic E-state index is 0. The fraction of sp³-hybridized carbons (Fsp3) is 1.00. The average Bonchev–Trinajstić information content (AvgIpc) is 2.13. The summed E-state index contributed by atoms with van der Waals surface area (Å²) in [5.41, 5.74) is 0. The van der Waals surface area contributed by atoms with Crippen LogP contribution in [0.25, 0.3) is 0 Å². The van der Waals surface area contributed by atoms with Crippen LogP contribution in [0.15, 0.2) is 0 Å². The first-order valence-electron chi connectivity index (χ1n) is 3.85. The van der Waals surface area contributed by atoms with Crippen molar-refractivity contribution in [2.45, 2.75) is 24.4 Å². The summed E-state index contributed by atoms with van der Waals surface area (Å²) in [6, 6.07) is 0. The zero-order valence-corrected chi connectivity index (χ0v) is 7.72. The van der Waals surface area contributed by atoms with E-state index in [0.29, 0.717) is 0 Å². The molecule has 0 spiro atoms. The van der Waals surface area contributed by atoms with Gasteiger partial charge in [-0.3, -0.25) is 10.1 Å². The minimum atomic E-state index is -1.87. The molecule has 4 atom stereocenters. The minimum Gasteiger partial charge on any atom is -0.412 e. The molecule has 0 unspecified atom stereocenters. The maximum Gasteiger partial charge on any atom is 0.232 e. The van der Waals surface area contributed by atoms with Gasteiger partial charge in [-0.25, -0.2) is 0 Å². The molecule has 0 heterocycles. The topological polar surface area (TPSA) is 176 Å². The van der Waals surface area contributed by atoms with Crippen molar-refractivity contribution in [1.82, 2.24) is 0 Å². The smallest absolute Gasteiger partial charge is 0.232 e. The summed E-state index contributed by atoms with van der Waals surface area (Å²) in [4.78, 5) is 9.05. The third-order valence-corrected chi connectivity index (χ3v) is 1.66. The summed E-state index contributed by atoms with van der Waals surface area (Å²) in [6.07, 6.45) is -7.13. The third-order valence-electron chi connectivity index (χ3n) is 1.66. The highest BCUT2D eigenvalue weighted by atomic mass is 16.6. The normalized spacial score (nSPS) is 18.5. The van der Waals surface area contributed by atoms with Gasteiger partial charge < -0.3 is 31.0 Å². The van der Waals surface area contributed by atoms with Crippen molar-refractivity contribution in [1.29, 1.82) is 0 Å². The van der Waals surface area contributed by atoms with Crippen LogP contribution in [0.1, 0.15) is 0 Å². The van der Waals surface area contributed by atoms with Gasteiger partial charge in [-0.2, -0.15) is 0 Å². The maximum atomic E-state index is 9.92. The first-order valence-corrected chi connectivity index (χ1v) is 3.85. The Morgan fingerprint density at radius 1 is 1.07 bits per heavy atom. The Bertz CT molecular complexity index is 188. The Labute approximate surface area is 84.7 Å². The standard InChI is InChI=1S/C6H13NO7.H2O/c8-2-4(10)6(12)5(11)3(9)1-7(13)14;/h3-6,8-12H,1-2H2;1H2/t3-,4-,5+,6+;/m1./s1. The molecule has 0 aliphatic rings. The molecule has 15 heavy (non-hydrogen) atoms. The lowest BCUT2D eigenvalue weighted by atomic mass is 10.0. The third kappa shape index (κ3) is 5.57. The molecule has 0 aliphatic carbocycles. The zero-order valence-electron chi connectivity index (χ0n) is 7.72. The SMILES string of the molecule is O.O=[N+]([O-])C[C@@H](O)[C@H](O)[C@@H](O)[C@H](O)CO. The highest BCUT2D eigenvalue weighted by Crippen LogP contribution is 2.05. The second-order valence-corrected chi connectivity index (χ2v) is 2.81. The monoisotopic (exact) mass is 229 g/mol. The van der Waals surface area contributed by atoms with Crippen LogP contribution >= 0.6 is 0 Å². The van der Waals surface area contributed by atoms with E-state index in [0.717, 1.165) is 0 Å². The van der Waals surface area contributed by atoms with E-state index in [9.17, 15) is 10.1 Å². The van der Waals surface area contributed by atoms with Crippen molar-refractivity contribution < 1.29 is 35.9 Å². The molecule has 0 aromatic rings. The quantitative estimate of drug-likeness (QED) is 0.227. The van der Waals surface area contributed by atoms with Crippen LogP contribution in [0.4, 0.5) is 0 Å². The molecule has 0 saturated heterocycles. The molecule has 92 valence electrons. The fourth-order valence-corrected chi connectivity index (χ4v) is 0.824. The molecule has 0 aromatic heterocycles. The van der Waals surface area contributed by atoms with Crippen molar-refractivity contribution in [2.24, 2.45) is 0 Å². The molecule has 9 heteroatoms. The average molecular weight is 229 g/mol. The predicted octanol–water partition coefficient (Wildman–Crippen LogP) is -4.13. The van der Waals surface area contributed by atoms with Gasteiger partial charge in [0.1, 0.15) is 24.4 Å². The number of hydrogen-bond acceptors (Lipinski definition) is 7. The molecule has 7 N–H and O–H groups in total. The number of nitro groups is 1. The van der Waals surface area contributed by atoms with Crippen molar-refractivity contribution in [2.75, 3.05) is 13.2 Å².